The van der Waals surface area contributed by atoms with Gasteiger partial charge in [-0.15, -0.1) is 0 Å². The molecule has 2 rings (SSSR count). The van der Waals surface area contributed by atoms with Gasteiger partial charge in [0.15, 0.2) is 0 Å². The van der Waals surface area contributed by atoms with Crippen LogP contribution in [-0.4, -0.2) is 9.78 Å². The topological polar surface area (TPSA) is 37.8 Å². The Hall–Kier alpha value is -1.77. The molecule has 0 atom stereocenters. The van der Waals surface area contributed by atoms with Gasteiger partial charge in [0.1, 0.15) is 0 Å². The highest BCUT2D eigenvalue weighted by atomic mass is 16.1. The highest BCUT2D eigenvalue weighted by Crippen LogP contribution is 2.03. The number of hydrogen-bond acceptors (Lipinski definition) is 1. The molecule has 72 valence electrons. The molecule has 3 nitrogen and oxygen atoms in total. The quantitative estimate of drug-likeness (QED) is 0.769. The Labute approximate surface area is 84.8 Å². The minimum Gasteiger partial charge on any atom is -0.295 e. The molecule has 0 saturated heterocycles. The van der Waals surface area contributed by atoms with Crippen molar-refractivity contribution in [1.82, 2.24) is 9.78 Å². The Bertz CT molecular complexity index is 537. The van der Waals surface area contributed by atoms with Crippen LogP contribution in [-0.2, 0) is 6.37 Å². The van der Waals surface area contributed by atoms with E-state index in [0.717, 1.165) is 0 Å². The second-order valence-electron chi connectivity index (χ2n) is 2.93. The molecule has 1 N–H and O–H groups in total. The molecular formula is C11H12N2O. The van der Waals surface area contributed by atoms with Gasteiger partial charge < -0.3 is 0 Å². The number of nitrogens with zero attached hydrogens (tertiary/aromatic N) is 1. The zero-order valence-corrected chi connectivity index (χ0v) is 7.82. The fourth-order valence-corrected chi connectivity index (χ4v) is 1.29. The standard InChI is InChI=1S/C11H12N2O/c1-2-9-8-11(14)13(12-9)10-6-4-3-5-7-10/h3-8,12H,2H2,1H3/i2D2. The van der Waals surface area contributed by atoms with Crippen LogP contribution in [0.4, 0.5) is 0 Å². The fraction of sp³-hybridized carbons (Fsp3) is 0.182. The maximum absolute atomic E-state index is 11.7. The number of aromatic amines is 1. The lowest BCUT2D eigenvalue weighted by Gasteiger charge is -2.00. The van der Waals surface area contributed by atoms with Crippen molar-refractivity contribution < 1.29 is 2.74 Å². The van der Waals surface area contributed by atoms with Crippen LogP contribution in [0, 0.1) is 0 Å². The van der Waals surface area contributed by atoms with Crippen molar-refractivity contribution >= 4 is 0 Å². The van der Waals surface area contributed by atoms with Crippen LogP contribution in [0.1, 0.15) is 15.4 Å². The zero-order chi connectivity index (χ0) is 11.8. The molecule has 2 aromatic rings. The Morgan fingerprint density at radius 3 is 2.71 bits per heavy atom. The molecule has 0 fully saturated rings. The maximum Gasteiger partial charge on any atom is 0.271 e. The zero-order valence-electron chi connectivity index (χ0n) is 9.82. The molecule has 0 unspecified atom stereocenters. The van der Waals surface area contributed by atoms with Gasteiger partial charge in [-0.05, 0) is 18.5 Å². The molecule has 0 radical (unpaired) electrons. The monoisotopic (exact) mass is 190 g/mol. The molecule has 0 aliphatic carbocycles. The highest BCUT2D eigenvalue weighted by Gasteiger charge is 2.01. The number of rotatable bonds is 2. The van der Waals surface area contributed by atoms with Crippen LogP contribution in [0.25, 0.3) is 5.69 Å². The van der Waals surface area contributed by atoms with Crippen LogP contribution in [0.15, 0.2) is 41.2 Å². The number of benzene rings is 1. The van der Waals surface area contributed by atoms with Gasteiger partial charge >= 0.3 is 0 Å². The minimum absolute atomic E-state index is 0.257. The number of H-pyrrole nitrogens is 1. The van der Waals surface area contributed by atoms with E-state index in [9.17, 15) is 4.79 Å². The third-order valence-electron chi connectivity index (χ3n) is 2.00. The number of aryl methyl sites for hydroxylation is 1. The summed E-state index contributed by atoms with van der Waals surface area (Å²) in [6.45, 7) is 1.41. The lowest BCUT2D eigenvalue weighted by molar-refractivity contribution is 0.819. The van der Waals surface area contributed by atoms with Gasteiger partial charge in [0, 0.05) is 14.5 Å². The summed E-state index contributed by atoms with van der Waals surface area (Å²) in [6.07, 6.45) is -1.54. The highest BCUT2D eigenvalue weighted by molar-refractivity contribution is 5.30. The minimum atomic E-state index is -1.54. The first kappa shape index (κ1) is 6.65. The first-order valence-electron chi connectivity index (χ1n) is 5.36. The van der Waals surface area contributed by atoms with Gasteiger partial charge in [-0.3, -0.25) is 9.89 Å². The summed E-state index contributed by atoms with van der Waals surface area (Å²) in [5.41, 5.74) is 0.719. The summed E-state index contributed by atoms with van der Waals surface area (Å²) >= 11 is 0. The lowest BCUT2D eigenvalue weighted by Crippen LogP contribution is -2.12. The van der Waals surface area contributed by atoms with Gasteiger partial charge in [-0.2, -0.15) is 0 Å². The van der Waals surface area contributed by atoms with Crippen LogP contribution in [0.2, 0.25) is 0 Å². The Morgan fingerprint density at radius 1 is 1.43 bits per heavy atom. The molecule has 0 spiro atoms. The largest absolute Gasteiger partial charge is 0.295 e. The Balaban J connectivity index is 2.53. The van der Waals surface area contributed by atoms with Crippen LogP contribution < -0.4 is 5.56 Å². The molecule has 14 heavy (non-hydrogen) atoms. The summed E-state index contributed by atoms with van der Waals surface area (Å²) in [7, 11) is 0. The van der Waals surface area contributed by atoms with Crippen molar-refractivity contribution in [2.75, 3.05) is 0 Å². The smallest absolute Gasteiger partial charge is 0.271 e. The van der Waals surface area contributed by atoms with Crippen molar-refractivity contribution in [3.05, 3.63) is 52.4 Å². The normalized spacial score (nSPS) is 13.5. The SMILES string of the molecule is [2H]C([2H])(C)c1cc(=O)n(-c2ccccc2)[nH]1. The first-order chi connectivity index (χ1) is 7.48. The average Bonchev–Trinajstić information content (AvgIpc) is 2.61. The number of aromatic nitrogens is 2. The fourth-order valence-electron chi connectivity index (χ4n) is 1.29. The van der Waals surface area contributed by atoms with Crippen molar-refractivity contribution in [3.63, 3.8) is 0 Å². The average molecular weight is 190 g/mol. The van der Waals surface area contributed by atoms with Gasteiger partial charge in [0.25, 0.3) is 5.56 Å². The van der Waals surface area contributed by atoms with Crippen molar-refractivity contribution in [2.45, 2.75) is 13.3 Å². The van der Waals surface area contributed by atoms with Crippen molar-refractivity contribution in [1.29, 1.82) is 0 Å². The van der Waals surface area contributed by atoms with Crippen LogP contribution in [0.3, 0.4) is 0 Å². The third-order valence-corrected chi connectivity index (χ3v) is 2.00. The van der Waals surface area contributed by atoms with E-state index < -0.39 is 6.37 Å². The van der Waals surface area contributed by atoms with Crippen molar-refractivity contribution in [3.8, 4) is 5.69 Å². The second kappa shape index (κ2) is 3.54. The molecular weight excluding hydrogens is 176 g/mol. The second-order valence-corrected chi connectivity index (χ2v) is 2.93. The Morgan fingerprint density at radius 2 is 2.14 bits per heavy atom. The third kappa shape index (κ3) is 1.48. The molecule has 0 saturated carbocycles. The molecule has 0 bridgehead atoms. The molecule has 0 aliphatic rings. The Kier molecular flexibility index (Phi) is 1.68. The predicted molar refractivity (Wildman–Crippen MR) is 55.8 cm³/mol. The predicted octanol–water partition coefficient (Wildman–Crippen LogP) is 1.73. The van der Waals surface area contributed by atoms with Crippen LogP contribution in [0.5, 0.6) is 0 Å². The molecule has 1 aromatic heterocycles. The molecule has 0 amide bonds. The number of nitrogens with one attached hydrogen (secondary N) is 1. The van der Waals surface area contributed by atoms with Crippen LogP contribution >= 0.6 is 0 Å². The molecule has 1 aromatic carbocycles. The summed E-state index contributed by atoms with van der Waals surface area (Å²) in [6, 6.07) is 10.4. The maximum atomic E-state index is 11.7. The lowest BCUT2D eigenvalue weighted by atomic mass is 10.3. The van der Waals surface area contributed by atoms with E-state index in [1.54, 1.807) is 12.1 Å². The van der Waals surface area contributed by atoms with E-state index >= 15 is 0 Å². The number of para-hydroxylation sites is 1. The summed E-state index contributed by atoms with van der Waals surface area (Å²) in [5.74, 6) is 0. The van der Waals surface area contributed by atoms with E-state index in [1.165, 1.54) is 17.7 Å². The van der Waals surface area contributed by atoms with Gasteiger partial charge in [-0.25, -0.2) is 4.68 Å². The molecule has 1 heterocycles. The molecule has 3 heteroatoms. The summed E-state index contributed by atoms with van der Waals surface area (Å²) < 4.78 is 16.4. The molecule has 0 aliphatic heterocycles. The number of hydrogen-bond donors (Lipinski definition) is 1. The summed E-state index contributed by atoms with van der Waals surface area (Å²) in [4.78, 5) is 11.7. The van der Waals surface area contributed by atoms with E-state index in [4.69, 9.17) is 2.74 Å². The van der Waals surface area contributed by atoms with E-state index in [2.05, 4.69) is 5.10 Å². The van der Waals surface area contributed by atoms with Gasteiger partial charge in [0.05, 0.1) is 5.69 Å². The summed E-state index contributed by atoms with van der Waals surface area (Å²) in [5, 5.41) is 2.77. The van der Waals surface area contributed by atoms with E-state index in [-0.39, 0.29) is 11.3 Å². The van der Waals surface area contributed by atoms with E-state index in [0.29, 0.717) is 5.69 Å². The van der Waals surface area contributed by atoms with Crippen molar-refractivity contribution in [2.24, 2.45) is 0 Å². The first-order valence-corrected chi connectivity index (χ1v) is 4.36. The van der Waals surface area contributed by atoms with E-state index in [1.807, 2.05) is 18.2 Å². The van der Waals surface area contributed by atoms with Gasteiger partial charge in [0.2, 0.25) is 0 Å². The van der Waals surface area contributed by atoms with Gasteiger partial charge in [-0.1, -0.05) is 25.1 Å².